The first-order valence-corrected chi connectivity index (χ1v) is 11.5. The Kier molecular flexibility index (Phi) is 5.75. The summed E-state index contributed by atoms with van der Waals surface area (Å²) in [6, 6.07) is 19.7. The molecular weight excluding hydrogens is 440 g/mol. The first-order valence-electron chi connectivity index (χ1n) is 11.5. The molecule has 2 aromatic heterocycles. The van der Waals surface area contributed by atoms with Gasteiger partial charge in [0, 0.05) is 11.6 Å². The van der Waals surface area contributed by atoms with Gasteiger partial charge in [-0.15, -0.1) is 0 Å². The highest BCUT2D eigenvalue weighted by Gasteiger charge is 2.18. The molecule has 8 nitrogen and oxygen atoms in total. The Bertz CT molecular complexity index is 1540. The number of nitriles is 1. The van der Waals surface area contributed by atoms with E-state index in [1.807, 2.05) is 42.5 Å². The van der Waals surface area contributed by atoms with E-state index < -0.39 is 11.5 Å². The smallest absolute Gasteiger partial charge is 0.285 e. The molecule has 0 spiro atoms. The van der Waals surface area contributed by atoms with E-state index in [0.29, 0.717) is 17.1 Å². The molecule has 0 radical (unpaired) electrons. The van der Waals surface area contributed by atoms with Gasteiger partial charge in [-0.2, -0.15) is 15.5 Å². The third-order valence-corrected chi connectivity index (χ3v) is 6.41. The standard InChI is InChI=1S/C27H24N6O2/c1-17-18(2)30-32(27(35)23(17)15-28)16-26(34)29-25-14-24(31-33(25)22-9-4-3-5-10-22)21-12-11-19-7-6-8-20(19)13-21/h3-5,9-14H,6-8,16H2,1-2H3,(H,29,34). The molecular formula is C27H24N6O2. The number of carbonyl (C=O) groups is 1. The van der Waals surface area contributed by atoms with Crippen LogP contribution in [0.5, 0.6) is 0 Å². The van der Waals surface area contributed by atoms with E-state index >= 15 is 0 Å². The summed E-state index contributed by atoms with van der Waals surface area (Å²) < 4.78 is 2.71. The number of aromatic nitrogens is 4. The molecule has 4 aromatic rings. The molecule has 0 aliphatic heterocycles. The second-order valence-electron chi connectivity index (χ2n) is 8.71. The number of rotatable bonds is 5. The van der Waals surface area contributed by atoms with Crippen LogP contribution in [-0.2, 0) is 24.2 Å². The molecule has 0 atom stereocenters. The summed E-state index contributed by atoms with van der Waals surface area (Å²) >= 11 is 0. The molecule has 5 rings (SSSR count). The number of carbonyl (C=O) groups excluding carboxylic acids is 1. The van der Waals surface area contributed by atoms with Crippen LogP contribution < -0.4 is 10.9 Å². The van der Waals surface area contributed by atoms with Gasteiger partial charge in [-0.05, 0) is 68.0 Å². The lowest BCUT2D eigenvalue weighted by Gasteiger charge is -2.11. The summed E-state index contributed by atoms with van der Waals surface area (Å²) in [5, 5.41) is 21.2. The molecule has 8 heteroatoms. The van der Waals surface area contributed by atoms with Crippen LogP contribution >= 0.6 is 0 Å². The van der Waals surface area contributed by atoms with Crippen molar-refractivity contribution >= 4 is 11.7 Å². The van der Waals surface area contributed by atoms with Crippen molar-refractivity contribution in [2.75, 3.05) is 5.32 Å². The summed E-state index contributed by atoms with van der Waals surface area (Å²) in [6.07, 6.45) is 3.33. The van der Waals surface area contributed by atoms with Crippen LogP contribution in [0.2, 0.25) is 0 Å². The molecule has 2 aromatic carbocycles. The lowest BCUT2D eigenvalue weighted by molar-refractivity contribution is -0.117. The fraction of sp³-hybridized carbons (Fsp3) is 0.222. The Hall–Kier alpha value is -4.51. The summed E-state index contributed by atoms with van der Waals surface area (Å²) in [7, 11) is 0. The molecule has 0 saturated heterocycles. The molecule has 2 heterocycles. The third-order valence-electron chi connectivity index (χ3n) is 6.41. The van der Waals surface area contributed by atoms with E-state index in [0.717, 1.165) is 40.9 Å². The fourth-order valence-electron chi connectivity index (χ4n) is 4.44. The SMILES string of the molecule is Cc1nn(CC(=O)Nc2cc(-c3ccc4c(c3)CCC4)nn2-c2ccccc2)c(=O)c(C#N)c1C. The predicted molar refractivity (Wildman–Crippen MR) is 132 cm³/mol. The van der Waals surface area contributed by atoms with Crippen molar-refractivity contribution < 1.29 is 4.79 Å². The first-order chi connectivity index (χ1) is 16.9. The lowest BCUT2D eigenvalue weighted by Crippen LogP contribution is -2.32. The monoisotopic (exact) mass is 464 g/mol. The van der Waals surface area contributed by atoms with Gasteiger partial charge in [0.25, 0.3) is 5.56 Å². The maximum absolute atomic E-state index is 13.0. The van der Waals surface area contributed by atoms with Gasteiger partial charge in [0.15, 0.2) is 0 Å². The largest absolute Gasteiger partial charge is 0.309 e. The normalized spacial score (nSPS) is 12.3. The average molecular weight is 465 g/mol. The molecule has 1 amide bonds. The fourth-order valence-corrected chi connectivity index (χ4v) is 4.44. The zero-order valence-corrected chi connectivity index (χ0v) is 19.6. The highest BCUT2D eigenvalue weighted by Crippen LogP contribution is 2.30. The Balaban J connectivity index is 1.49. The number of anilines is 1. The summed E-state index contributed by atoms with van der Waals surface area (Å²) in [5.41, 5.74) is 5.72. The van der Waals surface area contributed by atoms with Crippen LogP contribution in [0, 0.1) is 25.2 Å². The van der Waals surface area contributed by atoms with Gasteiger partial charge in [0.05, 0.1) is 17.1 Å². The second kappa shape index (κ2) is 9.03. The Labute approximate surface area is 202 Å². The Morgan fingerprint density at radius 3 is 2.60 bits per heavy atom. The number of amides is 1. The van der Waals surface area contributed by atoms with Crippen molar-refractivity contribution in [2.45, 2.75) is 39.7 Å². The number of fused-ring (bicyclic) bond motifs is 1. The minimum absolute atomic E-state index is 0.00137. The van der Waals surface area contributed by atoms with Crippen molar-refractivity contribution in [3.63, 3.8) is 0 Å². The van der Waals surface area contributed by atoms with E-state index in [-0.39, 0.29) is 12.1 Å². The van der Waals surface area contributed by atoms with Crippen LogP contribution in [0.3, 0.4) is 0 Å². The van der Waals surface area contributed by atoms with Gasteiger partial charge in [0.1, 0.15) is 24.0 Å². The topological polar surface area (TPSA) is 106 Å². The first kappa shape index (κ1) is 22.3. The van der Waals surface area contributed by atoms with Crippen LogP contribution in [0.15, 0.2) is 59.4 Å². The van der Waals surface area contributed by atoms with Crippen molar-refractivity contribution in [3.05, 3.63) is 92.9 Å². The van der Waals surface area contributed by atoms with Gasteiger partial charge >= 0.3 is 0 Å². The maximum Gasteiger partial charge on any atom is 0.285 e. The number of aryl methyl sites for hydroxylation is 3. The van der Waals surface area contributed by atoms with Gasteiger partial charge in [-0.25, -0.2) is 9.36 Å². The van der Waals surface area contributed by atoms with Crippen molar-refractivity contribution in [2.24, 2.45) is 0 Å². The van der Waals surface area contributed by atoms with E-state index in [1.165, 1.54) is 11.1 Å². The molecule has 0 saturated carbocycles. The minimum atomic E-state index is -0.582. The van der Waals surface area contributed by atoms with E-state index in [2.05, 4.69) is 28.6 Å². The average Bonchev–Trinajstić information content (AvgIpc) is 3.50. The molecule has 0 fully saturated rings. The summed E-state index contributed by atoms with van der Waals surface area (Å²) in [5.74, 6) is 0.0402. The van der Waals surface area contributed by atoms with Gasteiger partial charge in [-0.3, -0.25) is 9.59 Å². The highest BCUT2D eigenvalue weighted by molar-refractivity contribution is 5.90. The second-order valence-corrected chi connectivity index (χ2v) is 8.71. The summed E-state index contributed by atoms with van der Waals surface area (Å²) in [6.45, 7) is 3.06. The number of hydrogen-bond acceptors (Lipinski definition) is 5. The molecule has 1 N–H and O–H groups in total. The zero-order valence-electron chi connectivity index (χ0n) is 19.6. The molecule has 174 valence electrons. The zero-order chi connectivity index (χ0) is 24.5. The number of nitrogens with one attached hydrogen (secondary N) is 1. The van der Waals surface area contributed by atoms with Crippen LogP contribution in [0.1, 0.15) is 34.4 Å². The number of para-hydroxylation sites is 1. The maximum atomic E-state index is 13.0. The van der Waals surface area contributed by atoms with E-state index in [9.17, 15) is 14.9 Å². The Morgan fingerprint density at radius 2 is 1.83 bits per heavy atom. The number of hydrogen-bond donors (Lipinski definition) is 1. The van der Waals surface area contributed by atoms with E-state index in [1.54, 1.807) is 18.5 Å². The molecule has 1 aliphatic rings. The third kappa shape index (κ3) is 4.24. The van der Waals surface area contributed by atoms with Crippen molar-refractivity contribution in [1.29, 1.82) is 5.26 Å². The van der Waals surface area contributed by atoms with Crippen LogP contribution in [0.25, 0.3) is 16.9 Å². The minimum Gasteiger partial charge on any atom is -0.309 e. The number of nitrogens with zero attached hydrogens (tertiary/aromatic N) is 5. The lowest BCUT2D eigenvalue weighted by atomic mass is 10.0. The van der Waals surface area contributed by atoms with E-state index in [4.69, 9.17) is 5.10 Å². The van der Waals surface area contributed by atoms with Crippen molar-refractivity contribution in [1.82, 2.24) is 19.6 Å². The molecule has 35 heavy (non-hydrogen) atoms. The van der Waals surface area contributed by atoms with Crippen LogP contribution in [0.4, 0.5) is 5.82 Å². The number of benzene rings is 2. The van der Waals surface area contributed by atoms with Crippen molar-refractivity contribution in [3.8, 4) is 23.0 Å². The summed E-state index contributed by atoms with van der Waals surface area (Å²) in [4.78, 5) is 25.6. The van der Waals surface area contributed by atoms with Gasteiger partial charge < -0.3 is 5.32 Å². The molecule has 1 aliphatic carbocycles. The van der Waals surface area contributed by atoms with Gasteiger partial charge in [-0.1, -0.05) is 30.3 Å². The van der Waals surface area contributed by atoms with Gasteiger partial charge in [0.2, 0.25) is 5.91 Å². The quantitative estimate of drug-likeness (QED) is 0.485. The Morgan fingerprint density at radius 1 is 1.06 bits per heavy atom. The molecule has 0 unspecified atom stereocenters. The highest BCUT2D eigenvalue weighted by atomic mass is 16.2. The molecule has 0 bridgehead atoms. The van der Waals surface area contributed by atoms with Crippen LogP contribution in [-0.4, -0.2) is 25.5 Å². The predicted octanol–water partition coefficient (Wildman–Crippen LogP) is 3.71.